The molecule has 5 nitrogen and oxygen atoms in total. The number of allylic oxidation sites excluding steroid dienone is 1. The maximum atomic E-state index is 12.2. The lowest BCUT2D eigenvalue weighted by atomic mass is 9.72. The second-order valence-electron chi connectivity index (χ2n) is 7.14. The van der Waals surface area contributed by atoms with Crippen molar-refractivity contribution < 1.29 is 19.7 Å². The van der Waals surface area contributed by atoms with Gasteiger partial charge >= 0.3 is 0 Å². The maximum absolute atomic E-state index is 12.2. The van der Waals surface area contributed by atoms with Gasteiger partial charge in [0, 0.05) is 12.0 Å². The van der Waals surface area contributed by atoms with E-state index in [1.807, 2.05) is 6.08 Å². The van der Waals surface area contributed by atoms with E-state index >= 15 is 0 Å². The Morgan fingerprint density at radius 1 is 1.50 bits per heavy atom. The number of rotatable bonds is 8. The van der Waals surface area contributed by atoms with Crippen molar-refractivity contribution in [3.05, 3.63) is 29.6 Å². The highest BCUT2D eigenvalue weighted by Crippen LogP contribution is 2.63. The Morgan fingerprint density at radius 2 is 2.25 bits per heavy atom. The molecular weight excluding hydrogens is 306 g/mol. The predicted octanol–water partition coefficient (Wildman–Crippen LogP) is 2.61. The number of carbonyl (C=O) groups excluding carboxylic acids is 1. The lowest BCUT2D eigenvalue weighted by molar-refractivity contribution is 0.0777. The zero-order valence-electron chi connectivity index (χ0n) is 14.1. The SMILES string of the molecule is COc1cnc(C(=O)CC[C@H](O)CO)cc1/C=C/C1CC2(CC2)C1. The number of methoxy groups -OCH3 is 1. The number of aromatic nitrogens is 1. The molecule has 0 aliphatic heterocycles. The highest BCUT2D eigenvalue weighted by molar-refractivity contribution is 5.94. The number of nitrogens with zero attached hydrogens (tertiary/aromatic N) is 1. The molecule has 0 aromatic carbocycles. The molecule has 24 heavy (non-hydrogen) atoms. The molecule has 0 amide bonds. The molecule has 130 valence electrons. The minimum absolute atomic E-state index is 0.139. The molecule has 2 aliphatic carbocycles. The third-order valence-corrected chi connectivity index (χ3v) is 5.21. The molecule has 0 bridgehead atoms. The van der Waals surface area contributed by atoms with Crippen molar-refractivity contribution in [3.63, 3.8) is 0 Å². The molecule has 2 N–H and O–H groups in total. The molecule has 2 fully saturated rings. The largest absolute Gasteiger partial charge is 0.495 e. The van der Waals surface area contributed by atoms with Crippen molar-refractivity contribution in [1.29, 1.82) is 0 Å². The number of hydrogen-bond donors (Lipinski definition) is 2. The number of pyridine rings is 1. The summed E-state index contributed by atoms with van der Waals surface area (Å²) in [6.45, 7) is -0.333. The van der Waals surface area contributed by atoms with Gasteiger partial charge in [-0.2, -0.15) is 0 Å². The fraction of sp³-hybridized carbons (Fsp3) is 0.579. The van der Waals surface area contributed by atoms with Gasteiger partial charge in [0.25, 0.3) is 0 Å². The molecule has 3 rings (SSSR count). The van der Waals surface area contributed by atoms with Crippen molar-refractivity contribution in [2.45, 2.75) is 44.6 Å². The Balaban J connectivity index is 1.65. The number of Topliss-reactive ketones (excluding diaryl/α,β-unsaturated/α-hetero) is 1. The Morgan fingerprint density at radius 3 is 2.88 bits per heavy atom. The molecule has 0 saturated heterocycles. The number of carbonyl (C=O) groups is 1. The van der Waals surface area contributed by atoms with Crippen LogP contribution in [0.2, 0.25) is 0 Å². The van der Waals surface area contributed by atoms with E-state index in [0.29, 0.717) is 22.8 Å². The van der Waals surface area contributed by atoms with E-state index in [9.17, 15) is 9.90 Å². The highest BCUT2D eigenvalue weighted by Gasteiger charge is 2.51. The average Bonchev–Trinajstić information content (AvgIpc) is 3.37. The van der Waals surface area contributed by atoms with E-state index in [0.717, 1.165) is 5.56 Å². The van der Waals surface area contributed by atoms with Gasteiger partial charge in [-0.25, -0.2) is 4.98 Å². The number of ketones is 1. The van der Waals surface area contributed by atoms with Crippen LogP contribution in [-0.2, 0) is 0 Å². The quantitative estimate of drug-likeness (QED) is 0.716. The minimum atomic E-state index is -0.861. The van der Waals surface area contributed by atoms with Gasteiger partial charge in [0.2, 0.25) is 0 Å². The van der Waals surface area contributed by atoms with Gasteiger partial charge in [-0.15, -0.1) is 0 Å². The number of hydrogen-bond acceptors (Lipinski definition) is 5. The van der Waals surface area contributed by atoms with Gasteiger partial charge in [0.15, 0.2) is 5.78 Å². The summed E-state index contributed by atoms with van der Waals surface area (Å²) < 4.78 is 5.33. The van der Waals surface area contributed by atoms with E-state index in [-0.39, 0.29) is 25.2 Å². The molecule has 1 spiro atoms. The molecule has 2 saturated carbocycles. The Labute approximate surface area is 142 Å². The summed E-state index contributed by atoms with van der Waals surface area (Å²) >= 11 is 0. The summed E-state index contributed by atoms with van der Waals surface area (Å²) in [6.07, 6.45) is 10.7. The lowest BCUT2D eigenvalue weighted by Gasteiger charge is -2.33. The summed E-state index contributed by atoms with van der Waals surface area (Å²) in [5.41, 5.74) is 1.90. The first-order valence-electron chi connectivity index (χ1n) is 8.59. The van der Waals surface area contributed by atoms with E-state index in [2.05, 4.69) is 11.1 Å². The van der Waals surface area contributed by atoms with Gasteiger partial charge in [-0.05, 0) is 49.5 Å². The molecule has 1 aromatic heterocycles. The summed E-state index contributed by atoms with van der Waals surface area (Å²) in [6, 6.07) is 1.74. The zero-order chi connectivity index (χ0) is 17.2. The molecular formula is C19H25NO4. The molecule has 1 heterocycles. The number of aliphatic hydroxyl groups is 2. The predicted molar refractivity (Wildman–Crippen MR) is 90.9 cm³/mol. The standard InChI is InChI=1S/C19H25NO4/c1-24-18-11-20-16(17(23)5-4-15(22)12-21)8-14(18)3-2-13-9-19(10-13)6-7-19/h2-3,8,11,13,15,21-22H,4-7,9-10,12H2,1H3/b3-2+/t15-/m0/s1. The fourth-order valence-corrected chi connectivity index (χ4v) is 3.44. The van der Waals surface area contributed by atoms with E-state index in [4.69, 9.17) is 9.84 Å². The summed E-state index contributed by atoms with van der Waals surface area (Å²) in [7, 11) is 1.59. The van der Waals surface area contributed by atoms with Crippen molar-refractivity contribution in [1.82, 2.24) is 4.98 Å². The van der Waals surface area contributed by atoms with Crippen LogP contribution in [0.5, 0.6) is 5.75 Å². The van der Waals surface area contributed by atoms with Crippen LogP contribution in [0.3, 0.4) is 0 Å². The average molecular weight is 331 g/mol. The number of aliphatic hydroxyl groups excluding tert-OH is 2. The number of ether oxygens (including phenoxy) is 1. The third kappa shape index (κ3) is 3.84. The molecule has 0 radical (unpaired) electrons. The summed E-state index contributed by atoms with van der Waals surface area (Å²) in [4.78, 5) is 16.4. The summed E-state index contributed by atoms with van der Waals surface area (Å²) in [5.74, 6) is 1.14. The maximum Gasteiger partial charge on any atom is 0.181 e. The lowest BCUT2D eigenvalue weighted by Crippen LogP contribution is -2.22. The zero-order valence-corrected chi connectivity index (χ0v) is 14.1. The molecule has 1 atom stereocenters. The second kappa shape index (κ2) is 7.03. The van der Waals surface area contributed by atoms with Crippen molar-refractivity contribution in [3.8, 4) is 5.75 Å². The molecule has 0 unspecified atom stereocenters. The van der Waals surface area contributed by atoms with Crippen molar-refractivity contribution in [2.24, 2.45) is 11.3 Å². The molecule has 5 heteroatoms. The van der Waals surface area contributed by atoms with Crippen LogP contribution in [0.1, 0.15) is 54.6 Å². The van der Waals surface area contributed by atoms with Crippen LogP contribution in [0, 0.1) is 11.3 Å². The van der Waals surface area contributed by atoms with Crippen LogP contribution >= 0.6 is 0 Å². The van der Waals surface area contributed by atoms with Crippen LogP contribution in [-0.4, -0.2) is 40.8 Å². The van der Waals surface area contributed by atoms with E-state index in [1.54, 1.807) is 19.4 Å². The normalized spacial score (nSPS) is 20.1. The van der Waals surface area contributed by atoms with Crippen molar-refractivity contribution >= 4 is 11.9 Å². The fourth-order valence-electron chi connectivity index (χ4n) is 3.44. The Kier molecular flexibility index (Phi) is 5.01. The van der Waals surface area contributed by atoms with Gasteiger partial charge in [-0.3, -0.25) is 4.79 Å². The third-order valence-electron chi connectivity index (χ3n) is 5.21. The van der Waals surface area contributed by atoms with Gasteiger partial charge < -0.3 is 14.9 Å². The molecule has 1 aromatic rings. The van der Waals surface area contributed by atoms with Gasteiger partial charge in [0.05, 0.1) is 26.0 Å². The van der Waals surface area contributed by atoms with E-state index in [1.165, 1.54) is 25.7 Å². The first-order valence-corrected chi connectivity index (χ1v) is 8.59. The van der Waals surface area contributed by atoms with Gasteiger partial charge in [-0.1, -0.05) is 12.2 Å². The van der Waals surface area contributed by atoms with Crippen LogP contribution < -0.4 is 4.74 Å². The van der Waals surface area contributed by atoms with Crippen molar-refractivity contribution in [2.75, 3.05) is 13.7 Å². The van der Waals surface area contributed by atoms with Crippen LogP contribution in [0.4, 0.5) is 0 Å². The Hall–Kier alpha value is -1.72. The minimum Gasteiger partial charge on any atom is -0.495 e. The monoisotopic (exact) mass is 331 g/mol. The van der Waals surface area contributed by atoms with Gasteiger partial charge in [0.1, 0.15) is 11.4 Å². The first-order chi connectivity index (χ1) is 11.5. The summed E-state index contributed by atoms with van der Waals surface area (Å²) in [5, 5.41) is 18.2. The second-order valence-corrected chi connectivity index (χ2v) is 7.14. The first kappa shape index (κ1) is 17.1. The Bertz CT molecular complexity index is 628. The highest BCUT2D eigenvalue weighted by atomic mass is 16.5. The van der Waals surface area contributed by atoms with Crippen LogP contribution in [0.25, 0.3) is 6.08 Å². The van der Waals surface area contributed by atoms with E-state index < -0.39 is 6.10 Å². The topological polar surface area (TPSA) is 79.7 Å². The van der Waals surface area contributed by atoms with Crippen LogP contribution in [0.15, 0.2) is 18.3 Å². The molecule has 2 aliphatic rings. The smallest absolute Gasteiger partial charge is 0.181 e.